The lowest BCUT2D eigenvalue weighted by Gasteiger charge is -2.16. The number of nitrogens with two attached hydrogens (primary N) is 1. The van der Waals surface area contributed by atoms with E-state index in [0.717, 1.165) is 0 Å². The van der Waals surface area contributed by atoms with Crippen LogP contribution in [0.1, 0.15) is 25.4 Å². The lowest BCUT2D eigenvalue weighted by Crippen LogP contribution is -2.31. The Hall–Kier alpha value is -1.27. The summed E-state index contributed by atoms with van der Waals surface area (Å²) in [7, 11) is 0. The van der Waals surface area contributed by atoms with E-state index in [0.29, 0.717) is 0 Å². The zero-order valence-corrected chi connectivity index (χ0v) is 10.6. The number of alkyl halides is 3. The molecule has 0 amide bonds. The summed E-state index contributed by atoms with van der Waals surface area (Å²) < 4.78 is 39.8. The molecule has 100 valence electrons. The minimum Gasteiger partial charge on any atom is -0.319 e. The van der Waals surface area contributed by atoms with Crippen molar-refractivity contribution in [2.75, 3.05) is 0 Å². The molecule has 18 heavy (non-hydrogen) atoms. The molecule has 0 saturated heterocycles. The molecule has 2 heterocycles. The Morgan fingerprint density at radius 1 is 1.22 bits per heavy atom. The van der Waals surface area contributed by atoms with Gasteiger partial charge in [-0.25, -0.2) is 4.98 Å². The number of halogens is 4. The van der Waals surface area contributed by atoms with Gasteiger partial charge in [0.25, 0.3) is 0 Å². The zero-order chi connectivity index (χ0) is 12.8. The van der Waals surface area contributed by atoms with Crippen LogP contribution in [0.4, 0.5) is 13.2 Å². The molecule has 0 aliphatic heterocycles. The van der Waals surface area contributed by atoms with Crippen molar-refractivity contribution in [1.82, 2.24) is 9.38 Å². The number of aromatic nitrogens is 2. The average Bonchev–Trinajstić information content (AvgIpc) is 2.55. The Bertz CT molecular complexity index is 507. The molecule has 2 rings (SSSR count). The molecule has 2 aromatic heterocycles. The molecule has 0 unspecified atom stereocenters. The first-order chi connectivity index (χ1) is 7.71. The highest BCUT2D eigenvalue weighted by Gasteiger charge is 2.38. The van der Waals surface area contributed by atoms with Gasteiger partial charge in [-0.2, -0.15) is 13.2 Å². The average molecular weight is 280 g/mol. The largest absolute Gasteiger partial charge is 0.435 e. The lowest BCUT2D eigenvalue weighted by molar-refractivity contribution is -0.139. The number of pyridine rings is 1. The van der Waals surface area contributed by atoms with Crippen LogP contribution in [-0.4, -0.2) is 9.38 Å². The molecule has 7 heteroatoms. The Labute approximate surface area is 108 Å². The van der Waals surface area contributed by atoms with Crippen molar-refractivity contribution in [3.8, 4) is 0 Å². The van der Waals surface area contributed by atoms with Gasteiger partial charge < -0.3 is 10.1 Å². The molecule has 2 aromatic rings. The molecule has 0 saturated carbocycles. The lowest BCUT2D eigenvalue weighted by atomic mass is 10.1. The molecular weight excluding hydrogens is 267 g/mol. The summed E-state index contributed by atoms with van der Waals surface area (Å²) in [4.78, 5) is 3.64. The van der Waals surface area contributed by atoms with Gasteiger partial charge in [0.2, 0.25) is 0 Å². The fraction of sp³-hybridized carbons (Fsp3) is 0.364. The van der Waals surface area contributed by atoms with E-state index in [1.165, 1.54) is 16.7 Å². The third kappa shape index (κ3) is 2.44. The van der Waals surface area contributed by atoms with Gasteiger partial charge in [-0.3, -0.25) is 0 Å². The minimum atomic E-state index is -4.48. The van der Waals surface area contributed by atoms with E-state index in [2.05, 4.69) is 4.98 Å². The number of imidazole rings is 1. The maximum atomic E-state index is 12.8. The van der Waals surface area contributed by atoms with Gasteiger partial charge in [0, 0.05) is 6.20 Å². The summed E-state index contributed by atoms with van der Waals surface area (Å²) in [5.41, 5.74) is 4.02. The molecule has 0 bridgehead atoms. The normalized spacial score (nSPS) is 12.6. The maximum Gasteiger partial charge on any atom is 0.435 e. The monoisotopic (exact) mass is 279 g/mol. The molecule has 0 aliphatic carbocycles. The van der Waals surface area contributed by atoms with E-state index >= 15 is 0 Å². The van der Waals surface area contributed by atoms with Gasteiger partial charge >= 0.3 is 6.18 Å². The van der Waals surface area contributed by atoms with Crippen LogP contribution >= 0.6 is 12.4 Å². The second-order valence-corrected chi connectivity index (χ2v) is 4.46. The fourth-order valence-corrected chi connectivity index (χ4v) is 1.70. The van der Waals surface area contributed by atoms with Gasteiger partial charge in [-0.15, -0.1) is 12.4 Å². The number of nitrogens with zero attached hydrogens (tertiary/aromatic N) is 2. The van der Waals surface area contributed by atoms with E-state index in [4.69, 9.17) is 5.73 Å². The molecule has 0 radical (unpaired) electrons. The summed E-state index contributed by atoms with van der Waals surface area (Å²) in [6, 6.07) is 4.56. The molecular formula is C11H13ClF3N3. The third-order valence-electron chi connectivity index (χ3n) is 2.39. The topological polar surface area (TPSA) is 43.3 Å². The van der Waals surface area contributed by atoms with Crippen molar-refractivity contribution < 1.29 is 13.2 Å². The smallest absolute Gasteiger partial charge is 0.319 e. The fourth-order valence-electron chi connectivity index (χ4n) is 1.70. The van der Waals surface area contributed by atoms with Gasteiger partial charge in [-0.1, -0.05) is 6.07 Å². The standard InChI is InChI=1S/C11H12F3N3.ClH/c1-10(2,15)9-16-8(11(12,13)14)7-5-3-4-6-17(7)9;/h3-6H,15H2,1-2H3;1H. The van der Waals surface area contributed by atoms with Crippen LogP contribution in [0.15, 0.2) is 24.4 Å². The first-order valence-corrected chi connectivity index (χ1v) is 5.05. The van der Waals surface area contributed by atoms with Crippen LogP contribution in [0.3, 0.4) is 0 Å². The van der Waals surface area contributed by atoms with Crippen molar-refractivity contribution >= 4 is 17.9 Å². The van der Waals surface area contributed by atoms with Crippen molar-refractivity contribution in [3.63, 3.8) is 0 Å². The molecule has 3 nitrogen and oxygen atoms in total. The summed E-state index contributed by atoms with van der Waals surface area (Å²) in [6.07, 6.45) is -2.95. The highest BCUT2D eigenvalue weighted by molar-refractivity contribution is 5.85. The first-order valence-electron chi connectivity index (χ1n) is 5.05. The van der Waals surface area contributed by atoms with E-state index < -0.39 is 17.4 Å². The van der Waals surface area contributed by atoms with Crippen LogP contribution in [0.25, 0.3) is 5.52 Å². The van der Waals surface area contributed by atoms with E-state index in [9.17, 15) is 13.2 Å². The Morgan fingerprint density at radius 2 is 1.83 bits per heavy atom. The number of hydrogen-bond donors (Lipinski definition) is 1. The molecule has 0 aromatic carbocycles. The number of fused-ring (bicyclic) bond motifs is 1. The maximum absolute atomic E-state index is 12.8. The van der Waals surface area contributed by atoms with Crippen LogP contribution in [-0.2, 0) is 11.7 Å². The summed E-state index contributed by atoms with van der Waals surface area (Å²) >= 11 is 0. The molecule has 0 fully saturated rings. The van der Waals surface area contributed by atoms with E-state index in [1.54, 1.807) is 26.0 Å². The van der Waals surface area contributed by atoms with Gasteiger partial charge in [0.1, 0.15) is 5.82 Å². The molecule has 0 atom stereocenters. The summed E-state index contributed by atoms with van der Waals surface area (Å²) in [5.74, 6) is 0.195. The van der Waals surface area contributed by atoms with Crippen molar-refractivity contribution in [1.29, 1.82) is 0 Å². The minimum absolute atomic E-state index is 0. The SMILES string of the molecule is CC(C)(N)c1nc(C(F)(F)F)c2ccccn12.Cl. The quantitative estimate of drug-likeness (QED) is 0.872. The van der Waals surface area contributed by atoms with Crippen LogP contribution < -0.4 is 5.73 Å². The molecule has 0 aliphatic rings. The first kappa shape index (κ1) is 14.8. The predicted molar refractivity (Wildman–Crippen MR) is 64.7 cm³/mol. The Kier molecular flexibility index (Phi) is 3.65. The van der Waals surface area contributed by atoms with Gasteiger partial charge in [0.05, 0.1) is 11.1 Å². The predicted octanol–water partition coefficient (Wildman–Crippen LogP) is 2.97. The molecule has 2 N–H and O–H groups in total. The zero-order valence-electron chi connectivity index (χ0n) is 9.82. The Morgan fingerprint density at radius 3 is 2.33 bits per heavy atom. The van der Waals surface area contributed by atoms with Gasteiger partial charge in [-0.05, 0) is 26.0 Å². The van der Waals surface area contributed by atoms with Crippen LogP contribution in [0, 0.1) is 0 Å². The Balaban J connectivity index is 0.00000162. The van der Waals surface area contributed by atoms with Crippen LogP contribution in [0.5, 0.6) is 0 Å². The summed E-state index contributed by atoms with van der Waals surface area (Å²) in [5, 5.41) is 0. The van der Waals surface area contributed by atoms with Gasteiger partial charge in [0.15, 0.2) is 5.69 Å². The second kappa shape index (κ2) is 4.44. The van der Waals surface area contributed by atoms with Crippen molar-refractivity contribution in [3.05, 3.63) is 35.9 Å². The number of rotatable bonds is 1. The van der Waals surface area contributed by atoms with Crippen LogP contribution in [0.2, 0.25) is 0 Å². The summed E-state index contributed by atoms with van der Waals surface area (Å²) in [6.45, 7) is 3.24. The van der Waals surface area contributed by atoms with E-state index in [1.807, 2.05) is 0 Å². The second-order valence-electron chi connectivity index (χ2n) is 4.46. The highest BCUT2D eigenvalue weighted by Crippen LogP contribution is 2.33. The van der Waals surface area contributed by atoms with E-state index in [-0.39, 0.29) is 23.7 Å². The molecule has 0 spiro atoms. The van der Waals surface area contributed by atoms with Crippen molar-refractivity contribution in [2.45, 2.75) is 25.6 Å². The van der Waals surface area contributed by atoms with Crippen molar-refractivity contribution in [2.24, 2.45) is 5.73 Å². The third-order valence-corrected chi connectivity index (χ3v) is 2.39. The highest BCUT2D eigenvalue weighted by atomic mass is 35.5. The number of hydrogen-bond acceptors (Lipinski definition) is 2.